The Hall–Kier alpha value is -1.91. The van der Waals surface area contributed by atoms with Gasteiger partial charge in [0.15, 0.2) is 0 Å². The van der Waals surface area contributed by atoms with Gasteiger partial charge in [0.05, 0.1) is 5.56 Å². The highest BCUT2D eigenvalue weighted by molar-refractivity contribution is 5.94. The topological polar surface area (TPSA) is 58.2 Å². The number of carbonyl (C=O) groups is 2. The number of benzene rings is 1. The Morgan fingerprint density at radius 1 is 1.35 bits per heavy atom. The van der Waals surface area contributed by atoms with E-state index in [1.165, 1.54) is 13.1 Å². The third-order valence-electron chi connectivity index (χ3n) is 2.35. The standard InChI is InChI=1S/C12H15FN2O2/c1-8-4-3-5-9(11(8)13)12(17)15-7-6-10(16)14-2/h3-5H,6-7H2,1-2H3,(H,14,16)(H,15,17). The molecule has 0 aromatic heterocycles. The average Bonchev–Trinajstić information content (AvgIpc) is 2.32. The van der Waals surface area contributed by atoms with E-state index in [1.54, 1.807) is 19.1 Å². The zero-order valence-corrected chi connectivity index (χ0v) is 9.84. The molecule has 0 spiro atoms. The lowest BCUT2D eigenvalue weighted by atomic mass is 10.1. The van der Waals surface area contributed by atoms with Gasteiger partial charge in [-0.15, -0.1) is 0 Å². The molecule has 1 rings (SSSR count). The molecule has 0 saturated heterocycles. The third-order valence-corrected chi connectivity index (χ3v) is 2.35. The first-order valence-electron chi connectivity index (χ1n) is 5.30. The van der Waals surface area contributed by atoms with Gasteiger partial charge in [0.2, 0.25) is 5.91 Å². The van der Waals surface area contributed by atoms with E-state index in [2.05, 4.69) is 10.6 Å². The lowest BCUT2D eigenvalue weighted by Crippen LogP contribution is -2.29. The van der Waals surface area contributed by atoms with Crippen LogP contribution in [0.25, 0.3) is 0 Å². The smallest absolute Gasteiger partial charge is 0.254 e. The second kappa shape index (κ2) is 5.98. The highest BCUT2D eigenvalue weighted by Gasteiger charge is 2.12. The van der Waals surface area contributed by atoms with Gasteiger partial charge in [-0.25, -0.2) is 4.39 Å². The first-order valence-corrected chi connectivity index (χ1v) is 5.30. The van der Waals surface area contributed by atoms with E-state index in [9.17, 15) is 14.0 Å². The van der Waals surface area contributed by atoms with Crippen LogP contribution in [0.5, 0.6) is 0 Å². The molecule has 1 aromatic rings. The fourth-order valence-electron chi connectivity index (χ4n) is 1.33. The minimum absolute atomic E-state index is 0.00177. The number of carbonyl (C=O) groups excluding carboxylic acids is 2. The van der Waals surface area contributed by atoms with Gasteiger partial charge in [-0.1, -0.05) is 12.1 Å². The Bertz CT molecular complexity index is 433. The van der Waals surface area contributed by atoms with Gasteiger partial charge in [-0.05, 0) is 18.6 Å². The maximum Gasteiger partial charge on any atom is 0.254 e. The first-order chi connectivity index (χ1) is 8.06. The summed E-state index contributed by atoms with van der Waals surface area (Å²) in [5.41, 5.74) is 0.422. The van der Waals surface area contributed by atoms with Crippen LogP contribution in [-0.4, -0.2) is 25.4 Å². The molecule has 0 saturated carbocycles. The first kappa shape index (κ1) is 13.2. The van der Waals surface area contributed by atoms with Crippen molar-refractivity contribution in [3.05, 3.63) is 35.1 Å². The zero-order chi connectivity index (χ0) is 12.8. The second-order valence-corrected chi connectivity index (χ2v) is 3.62. The quantitative estimate of drug-likeness (QED) is 0.822. The van der Waals surface area contributed by atoms with Crippen molar-refractivity contribution in [2.75, 3.05) is 13.6 Å². The molecule has 0 radical (unpaired) electrons. The van der Waals surface area contributed by atoms with E-state index in [4.69, 9.17) is 0 Å². The molecule has 2 amide bonds. The fraction of sp³-hybridized carbons (Fsp3) is 0.333. The van der Waals surface area contributed by atoms with Crippen LogP contribution in [-0.2, 0) is 4.79 Å². The van der Waals surface area contributed by atoms with Crippen LogP contribution < -0.4 is 10.6 Å². The summed E-state index contributed by atoms with van der Waals surface area (Å²) in [5, 5.41) is 4.93. The summed E-state index contributed by atoms with van der Waals surface area (Å²) in [4.78, 5) is 22.5. The molecule has 92 valence electrons. The van der Waals surface area contributed by atoms with Crippen molar-refractivity contribution in [2.24, 2.45) is 0 Å². The molecule has 2 N–H and O–H groups in total. The second-order valence-electron chi connectivity index (χ2n) is 3.62. The summed E-state index contributed by atoms with van der Waals surface area (Å²) in [7, 11) is 1.52. The average molecular weight is 238 g/mol. The van der Waals surface area contributed by atoms with Crippen molar-refractivity contribution in [3.63, 3.8) is 0 Å². The Morgan fingerprint density at radius 2 is 2.06 bits per heavy atom. The number of hydrogen-bond acceptors (Lipinski definition) is 2. The molecular formula is C12H15FN2O2. The van der Waals surface area contributed by atoms with Crippen LogP contribution in [0.15, 0.2) is 18.2 Å². The van der Waals surface area contributed by atoms with Crippen molar-refractivity contribution < 1.29 is 14.0 Å². The number of nitrogens with one attached hydrogen (secondary N) is 2. The molecule has 0 unspecified atom stereocenters. The number of aryl methyl sites for hydroxylation is 1. The minimum atomic E-state index is -0.523. The Morgan fingerprint density at radius 3 is 2.71 bits per heavy atom. The summed E-state index contributed by atoms with van der Waals surface area (Å²) in [6.07, 6.45) is 0.176. The minimum Gasteiger partial charge on any atom is -0.359 e. The van der Waals surface area contributed by atoms with Crippen LogP contribution in [0.4, 0.5) is 4.39 Å². The van der Waals surface area contributed by atoms with Gasteiger partial charge in [0.1, 0.15) is 5.82 Å². The molecule has 5 heteroatoms. The van der Waals surface area contributed by atoms with Crippen LogP contribution in [0.1, 0.15) is 22.3 Å². The van der Waals surface area contributed by atoms with Gasteiger partial charge in [-0.3, -0.25) is 9.59 Å². The van der Waals surface area contributed by atoms with Crippen LogP contribution in [0, 0.1) is 12.7 Å². The maximum absolute atomic E-state index is 13.6. The monoisotopic (exact) mass is 238 g/mol. The summed E-state index contributed by atoms with van der Waals surface area (Å²) in [5.74, 6) is -1.20. The van der Waals surface area contributed by atoms with E-state index in [0.29, 0.717) is 5.56 Å². The summed E-state index contributed by atoms with van der Waals surface area (Å²) < 4.78 is 13.6. The van der Waals surface area contributed by atoms with E-state index in [-0.39, 0.29) is 24.4 Å². The molecule has 0 fully saturated rings. The SMILES string of the molecule is CNC(=O)CCNC(=O)c1cccc(C)c1F. The predicted molar refractivity (Wildman–Crippen MR) is 62.2 cm³/mol. The highest BCUT2D eigenvalue weighted by Crippen LogP contribution is 2.11. The van der Waals surface area contributed by atoms with Gasteiger partial charge < -0.3 is 10.6 Å². The Labute approximate surface area is 99.2 Å². The highest BCUT2D eigenvalue weighted by atomic mass is 19.1. The number of hydrogen-bond donors (Lipinski definition) is 2. The predicted octanol–water partition coefficient (Wildman–Crippen LogP) is 1.00. The molecule has 0 aliphatic heterocycles. The normalized spacial score (nSPS) is 9.82. The van der Waals surface area contributed by atoms with Gasteiger partial charge >= 0.3 is 0 Å². The van der Waals surface area contributed by atoms with Crippen molar-refractivity contribution >= 4 is 11.8 Å². The van der Waals surface area contributed by atoms with E-state index >= 15 is 0 Å². The lowest BCUT2D eigenvalue weighted by Gasteiger charge is -2.06. The summed E-state index contributed by atoms with van der Waals surface area (Å²) >= 11 is 0. The molecule has 0 aliphatic carbocycles. The van der Waals surface area contributed by atoms with Crippen molar-refractivity contribution in [1.82, 2.24) is 10.6 Å². The Balaban J connectivity index is 2.59. The molecular weight excluding hydrogens is 223 g/mol. The summed E-state index contributed by atoms with van der Waals surface area (Å²) in [6.45, 7) is 1.78. The van der Waals surface area contributed by atoms with Crippen molar-refractivity contribution in [1.29, 1.82) is 0 Å². The largest absolute Gasteiger partial charge is 0.359 e. The number of rotatable bonds is 4. The van der Waals surface area contributed by atoms with E-state index in [1.807, 2.05) is 0 Å². The molecule has 0 heterocycles. The molecule has 0 atom stereocenters. The van der Waals surface area contributed by atoms with E-state index in [0.717, 1.165) is 0 Å². The number of amides is 2. The Kier molecular flexibility index (Phi) is 4.63. The van der Waals surface area contributed by atoms with Gasteiger partial charge in [-0.2, -0.15) is 0 Å². The van der Waals surface area contributed by atoms with Crippen molar-refractivity contribution in [2.45, 2.75) is 13.3 Å². The molecule has 1 aromatic carbocycles. The maximum atomic E-state index is 13.6. The fourth-order valence-corrected chi connectivity index (χ4v) is 1.33. The molecule has 4 nitrogen and oxygen atoms in total. The van der Waals surface area contributed by atoms with Gasteiger partial charge in [0.25, 0.3) is 5.91 Å². The third kappa shape index (κ3) is 3.55. The van der Waals surface area contributed by atoms with Crippen LogP contribution in [0.3, 0.4) is 0 Å². The molecule has 0 aliphatic rings. The van der Waals surface area contributed by atoms with Crippen LogP contribution >= 0.6 is 0 Å². The summed E-state index contributed by atoms with van der Waals surface area (Å²) in [6, 6.07) is 4.63. The van der Waals surface area contributed by atoms with Gasteiger partial charge in [0, 0.05) is 20.0 Å². The molecule has 0 bridgehead atoms. The number of halogens is 1. The van der Waals surface area contributed by atoms with Crippen molar-refractivity contribution in [3.8, 4) is 0 Å². The van der Waals surface area contributed by atoms with E-state index < -0.39 is 11.7 Å². The molecule has 17 heavy (non-hydrogen) atoms. The zero-order valence-electron chi connectivity index (χ0n) is 9.84. The lowest BCUT2D eigenvalue weighted by molar-refractivity contribution is -0.120. The van der Waals surface area contributed by atoms with Crippen LogP contribution in [0.2, 0.25) is 0 Å².